The van der Waals surface area contributed by atoms with Gasteiger partial charge in [-0.15, -0.1) is 11.8 Å². The molecule has 4 aromatic rings. The van der Waals surface area contributed by atoms with Crippen molar-refractivity contribution in [3.8, 4) is 0 Å². The number of sulfonamides is 1. The zero-order valence-corrected chi connectivity index (χ0v) is 28.7. The lowest BCUT2D eigenvalue weighted by molar-refractivity contribution is -0.140. The lowest BCUT2D eigenvalue weighted by atomic mass is 10.0. The first-order valence-corrected chi connectivity index (χ1v) is 18.3. The average Bonchev–Trinajstić information content (AvgIpc) is 3.07. The Balaban J connectivity index is 1.79. The third-order valence-corrected chi connectivity index (χ3v) is 10.5. The highest BCUT2D eigenvalue weighted by molar-refractivity contribution is 7.98. The Morgan fingerprint density at radius 1 is 0.891 bits per heavy atom. The highest BCUT2D eigenvalue weighted by atomic mass is 35.5. The van der Waals surface area contributed by atoms with Crippen molar-refractivity contribution < 1.29 is 18.0 Å². The molecule has 10 heteroatoms. The monoisotopic (exact) mass is 677 g/mol. The maximum atomic E-state index is 14.5. The van der Waals surface area contributed by atoms with E-state index < -0.39 is 28.5 Å². The number of hydrogen-bond donors (Lipinski definition) is 1. The number of rotatable bonds is 15. The summed E-state index contributed by atoms with van der Waals surface area (Å²) in [7, 11) is -4.17. The summed E-state index contributed by atoms with van der Waals surface area (Å²) in [6.07, 6.45) is 3.84. The van der Waals surface area contributed by atoms with Gasteiger partial charge in [0.05, 0.1) is 10.6 Å². The molecule has 242 valence electrons. The van der Waals surface area contributed by atoms with Gasteiger partial charge in [-0.1, -0.05) is 91.2 Å². The Morgan fingerprint density at radius 3 is 2.17 bits per heavy atom. The first kappa shape index (κ1) is 35.1. The molecule has 46 heavy (non-hydrogen) atoms. The predicted molar refractivity (Wildman–Crippen MR) is 188 cm³/mol. The van der Waals surface area contributed by atoms with Gasteiger partial charge in [0, 0.05) is 29.4 Å². The summed E-state index contributed by atoms with van der Waals surface area (Å²) in [5.74, 6) is -0.841. The number of halogens is 1. The summed E-state index contributed by atoms with van der Waals surface area (Å²) in [6, 6.07) is 29.3. The van der Waals surface area contributed by atoms with E-state index in [4.69, 9.17) is 11.6 Å². The number of carbonyl (C=O) groups excluding carboxylic acids is 2. The molecule has 1 atom stereocenters. The van der Waals surface area contributed by atoms with Gasteiger partial charge in [0.2, 0.25) is 11.8 Å². The van der Waals surface area contributed by atoms with E-state index in [9.17, 15) is 18.0 Å². The van der Waals surface area contributed by atoms with Crippen LogP contribution in [0.15, 0.2) is 113 Å². The average molecular weight is 678 g/mol. The second-order valence-electron chi connectivity index (χ2n) is 11.0. The largest absolute Gasteiger partial charge is 0.354 e. The van der Waals surface area contributed by atoms with E-state index in [-0.39, 0.29) is 23.8 Å². The first-order chi connectivity index (χ1) is 22.1. The molecule has 0 aromatic heterocycles. The molecule has 0 spiro atoms. The number of benzene rings is 4. The second kappa shape index (κ2) is 16.7. The Kier molecular flexibility index (Phi) is 12.7. The van der Waals surface area contributed by atoms with Crippen LogP contribution in [0.4, 0.5) is 5.69 Å². The molecule has 0 radical (unpaired) electrons. The van der Waals surface area contributed by atoms with Gasteiger partial charge in [0.15, 0.2) is 0 Å². The van der Waals surface area contributed by atoms with Crippen molar-refractivity contribution in [1.82, 2.24) is 10.2 Å². The van der Waals surface area contributed by atoms with Crippen LogP contribution in [-0.2, 0) is 32.6 Å². The minimum absolute atomic E-state index is 0.0153. The summed E-state index contributed by atoms with van der Waals surface area (Å²) >= 11 is 8.07. The van der Waals surface area contributed by atoms with Crippen LogP contribution in [0.1, 0.15) is 36.5 Å². The third kappa shape index (κ3) is 9.15. The molecule has 0 aliphatic heterocycles. The zero-order valence-electron chi connectivity index (χ0n) is 26.4. The Bertz CT molecular complexity index is 1700. The predicted octanol–water partition coefficient (Wildman–Crippen LogP) is 7.12. The van der Waals surface area contributed by atoms with Crippen LogP contribution in [0.2, 0.25) is 5.02 Å². The minimum Gasteiger partial charge on any atom is -0.354 e. The standard InChI is InChI=1S/C36H40ClN3O4S2/c1-4-5-23-38-36(42)34(24-28-11-7-6-8-12-28)39(25-29-13-9-10-14-33(29)37)35(41)26-40(30-17-15-27(2)16-18-30)46(43,44)32-21-19-31(45-3)20-22-32/h6-22,34H,4-5,23-26H2,1-3H3,(H,38,42)/t34-/m1/s1. The van der Waals surface area contributed by atoms with Gasteiger partial charge in [0.25, 0.3) is 10.0 Å². The molecule has 7 nitrogen and oxygen atoms in total. The molecular formula is C36H40ClN3O4S2. The van der Waals surface area contributed by atoms with Gasteiger partial charge in [-0.2, -0.15) is 0 Å². The minimum atomic E-state index is -4.17. The van der Waals surface area contributed by atoms with Crippen LogP contribution in [0.5, 0.6) is 0 Å². The van der Waals surface area contributed by atoms with Gasteiger partial charge >= 0.3 is 0 Å². The molecule has 0 unspecified atom stereocenters. The van der Waals surface area contributed by atoms with Gasteiger partial charge in [0.1, 0.15) is 12.6 Å². The normalized spacial score (nSPS) is 11.9. The third-order valence-electron chi connectivity index (χ3n) is 7.65. The zero-order chi connectivity index (χ0) is 33.1. The molecule has 2 amide bonds. The number of thioether (sulfide) groups is 1. The fraction of sp³-hybridized carbons (Fsp3) is 0.278. The van der Waals surface area contributed by atoms with Crippen molar-refractivity contribution in [3.63, 3.8) is 0 Å². The molecule has 0 saturated heterocycles. The van der Waals surface area contributed by atoms with E-state index in [0.717, 1.165) is 33.2 Å². The quantitative estimate of drug-likeness (QED) is 0.107. The number of hydrogen-bond acceptors (Lipinski definition) is 5. The molecule has 4 aromatic carbocycles. The van der Waals surface area contributed by atoms with E-state index in [2.05, 4.69) is 5.32 Å². The summed E-state index contributed by atoms with van der Waals surface area (Å²) in [6.45, 7) is 3.90. The highest BCUT2D eigenvalue weighted by Crippen LogP contribution is 2.27. The highest BCUT2D eigenvalue weighted by Gasteiger charge is 2.34. The molecular weight excluding hydrogens is 638 g/mol. The van der Waals surface area contributed by atoms with Crippen molar-refractivity contribution >= 4 is 50.9 Å². The molecule has 0 bridgehead atoms. The number of aryl methyl sites for hydroxylation is 1. The summed E-state index contributed by atoms with van der Waals surface area (Å²) in [5, 5.41) is 3.44. The number of unbranched alkanes of at least 4 members (excludes halogenated alkanes) is 1. The van der Waals surface area contributed by atoms with Crippen molar-refractivity contribution in [3.05, 3.63) is 125 Å². The molecule has 0 fully saturated rings. The second-order valence-corrected chi connectivity index (χ2v) is 14.1. The van der Waals surface area contributed by atoms with Crippen molar-refractivity contribution in [2.45, 2.75) is 55.5 Å². The van der Waals surface area contributed by atoms with Crippen LogP contribution >= 0.6 is 23.4 Å². The number of amides is 2. The van der Waals surface area contributed by atoms with Crippen molar-refractivity contribution in [2.24, 2.45) is 0 Å². The first-order valence-electron chi connectivity index (χ1n) is 15.2. The topological polar surface area (TPSA) is 86.8 Å². The Hall–Kier alpha value is -3.79. The number of nitrogens with one attached hydrogen (secondary N) is 1. The van der Waals surface area contributed by atoms with Gasteiger partial charge in [-0.3, -0.25) is 13.9 Å². The lowest BCUT2D eigenvalue weighted by Crippen LogP contribution is -2.53. The van der Waals surface area contributed by atoms with E-state index >= 15 is 0 Å². The van der Waals surface area contributed by atoms with Crippen molar-refractivity contribution in [1.29, 1.82) is 0 Å². The maximum Gasteiger partial charge on any atom is 0.264 e. The van der Waals surface area contributed by atoms with Gasteiger partial charge < -0.3 is 10.2 Å². The fourth-order valence-electron chi connectivity index (χ4n) is 4.98. The Labute approximate surface area is 282 Å². The molecule has 0 saturated carbocycles. The SMILES string of the molecule is CCCCNC(=O)[C@@H](Cc1ccccc1)N(Cc1ccccc1Cl)C(=O)CN(c1ccc(C)cc1)S(=O)(=O)c1ccc(SC)cc1. The van der Waals surface area contributed by atoms with Crippen LogP contribution < -0.4 is 9.62 Å². The lowest BCUT2D eigenvalue weighted by Gasteiger charge is -2.34. The van der Waals surface area contributed by atoms with Crippen LogP contribution in [0.25, 0.3) is 0 Å². The maximum absolute atomic E-state index is 14.5. The number of nitrogens with zero attached hydrogens (tertiary/aromatic N) is 2. The molecule has 0 aliphatic carbocycles. The van der Waals surface area contributed by atoms with Gasteiger partial charge in [-0.05, 0) is 73.2 Å². The number of anilines is 1. The summed E-state index contributed by atoms with van der Waals surface area (Å²) in [4.78, 5) is 30.8. The summed E-state index contributed by atoms with van der Waals surface area (Å²) in [5.41, 5.74) is 2.81. The van der Waals surface area contributed by atoms with E-state index in [1.54, 1.807) is 66.7 Å². The molecule has 4 rings (SSSR count). The van der Waals surface area contributed by atoms with Crippen molar-refractivity contribution in [2.75, 3.05) is 23.7 Å². The van der Waals surface area contributed by atoms with Crippen LogP contribution in [0, 0.1) is 6.92 Å². The van der Waals surface area contributed by atoms with Gasteiger partial charge in [-0.25, -0.2) is 8.42 Å². The van der Waals surface area contributed by atoms with Crippen LogP contribution in [-0.4, -0.2) is 50.5 Å². The van der Waals surface area contributed by atoms with Crippen LogP contribution in [0.3, 0.4) is 0 Å². The summed E-state index contributed by atoms with van der Waals surface area (Å²) < 4.78 is 29.5. The van der Waals surface area contributed by atoms with E-state index in [0.29, 0.717) is 22.8 Å². The molecule has 0 heterocycles. The van der Waals surface area contributed by atoms with E-state index in [1.807, 2.05) is 56.5 Å². The fourth-order valence-corrected chi connectivity index (χ4v) is 7.00. The Morgan fingerprint density at radius 2 is 1.54 bits per heavy atom. The number of carbonyl (C=O) groups is 2. The molecule has 1 N–H and O–H groups in total. The smallest absolute Gasteiger partial charge is 0.264 e. The molecule has 0 aliphatic rings. The van der Waals surface area contributed by atoms with E-state index in [1.165, 1.54) is 16.7 Å².